The van der Waals surface area contributed by atoms with E-state index in [0.29, 0.717) is 15.6 Å². The highest BCUT2D eigenvalue weighted by molar-refractivity contribution is 9.10. The third-order valence-electron chi connectivity index (χ3n) is 4.50. The van der Waals surface area contributed by atoms with Gasteiger partial charge in [-0.1, -0.05) is 15.9 Å². The first-order valence-corrected chi connectivity index (χ1v) is 10.1. The molecule has 2 rings (SSSR count). The number of carbonyl (C=O) groups excluding carboxylic acids is 2. The fraction of sp³-hybridized carbons (Fsp3) is 0.421. The van der Waals surface area contributed by atoms with Crippen molar-refractivity contribution < 1.29 is 37.4 Å². The number of rotatable bonds is 7. The van der Waals surface area contributed by atoms with Crippen LogP contribution in [0, 0.1) is 6.92 Å². The van der Waals surface area contributed by atoms with Gasteiger partial charge in [-0.25, -0.2) is 10.3 Å². The van der Waals surface area contributed by atoms with Crippen molar-refractivity contribution in [3.8, 4) is 5.75 Å². The summed E-state index contributed by atoms with van der Waals surface area (Å²) in [4.78, 5) is 28.6. The predicted molar refractivity (Wildman–Crippen MR) is 112 cm³/mol. The molecule has 0 spiro atoms. The molecule has 0 unspecified atom stereocenters. The molecule has 1 aliphatic heterocycles. The number of guanidine groups is 1. The lowest BCUT2D eigenvalue weighted by molar-refractivity contribution is -0.185. The number of aliphatic imine (C=N–C) groups is 1. The van der Waals surface area contributed by atoms with Crippen molar-refractivity contribution in [3.63, 3.8) is 0 Å². The number of fused-ring (bicyclic) bond motifs is 1. The van der Waals surface area contributed by atoms with E-state index in [4.69, 9.17) is 15.7 Å². The number of amides is 1. The highest BCUT2D eigenvalue weighted by atomic mass is 79.9. The first-order chi connectivity index (χ1) is 15.0. The van der Waals surface area contributed by atoms with Gasteiger partial charge >= 0.3 is 12.1 Å². The first kappa shape index (κ1) is 25.5. The standard InChI is InChI=1S/C19H22BrF3N4O5/c1-9-6-11(20)7-10-8-12(15(19(21,22)23)32-14(9)10)16(28)26-13(17(29)31-2)4-3-5-25-18(24)27-30/h6-8,13,15,30H,3-5H2,1-2H3,(H,26,28)(H3,24,25,27)/t13-,15-/m0/s1. The lowest BCUT2D eigenvalue weighted by Crippen LogP contribution is -2.48. The van der Waals surface area contributed by atoms with Crippen LogP contribution in [0.4, 0.5) is 13.2 Å². The summed E-state index contributed by atoms with van der Waals surface area (Å²) in [6, 6.07) is 1.89. The van der Waals surface area contributed by atoms with Crippen LogP contribution in [0.3, 0.4) is 0 Å². The minimum absolute atomic E-state index is 0.00663. The number of nitrogens with zero attached hydrogens (tertiary/aromatic N) is 1. The number of methoxy groups -OCH3 is 1. The van der Waals surface area contributed by atoms with E-state index in [9.17, 15) is 22.8 Å². The molecule has 0 radical (unpaired) electrons. The molecule has 5 N–H and O–H groups in total. The Kier molecular flexibility index (Phi) is 8.50. The summed E-state index contributed by atoms with van der Waals surface area (Å²) in [6.07, 6.45) is -6.06. The summed E-state index contributed by atoms with van der Waals surface area (Å²) < 4.78 is 51.4. The highest BCUT2D eigenvalue weighted by Crippen LogP contribution is 2.40. The fourth-order valence-electron chi connectivity index (χ4n) is 3.04. The number of halogens is 4. The number of hydroxylamine groups is 1. The van der Waals surface area contributed by atoms with E-state index in [1.807, 2.05) is 0 Å². The molecule has 1 aromatic carbocycles. The second-order valence-electron chi connectivity index (χ2n) is 6.85. The third kappa shape index (κ3) is 6.36. The number of carbonyl (C=O) groups is 2. The molecule has 0 bridgehead atoms. The third-order valence-corrected chi connectivity index (χ3v) is 4.95. The van der Waals surface area contributed by atoms with Gasteiger partial charge in [0.25, 0.3) is 5.91 Å². The number of aryl methyl sites for hydroxylation is 1. The number of nitrogens with two attached hydrogens (primary N) is 1. The van der Waals surface area contributed by atoms with Crippen molar-refractivity contribution in [2.75, 3.05) is 13.7 Å². The summed E-state index contributed by atoms with van der Waals surface area (Å²) in [5.41, 5.74) is 6.96. The van der Waals surface area contributed by atoms with Crippen molar-refractivity contribution in [1.29, 1.82) is 0 Å². The van der Waals surface area contributed by atoms with Crippen LogP contribution in [-0.4, -0.2) is 55.0 Å². The number of benzene rings is 1. The molecule has 32 heavy (non-hydrogen) atoms. The molecule has 2 atom stereocenters. The lowest BCUT2D eigenvalue weighted by atomic mass is 9.98. The van der Waals surface area contributed by atoms with Gasteiger partial charge in [0.2, 0.25) is 12.1 Å². The van der Waals surface area contributed by atoms with E-state index in [2.05, 4.69) is 31.0 Å². The van der Waals surface area contributed by atoms with Crippen LogP contribution < -0.4 is 21.3 Å². The molecule has 0 aromatic heterocycles. The molecule has 1 aliphatic rings. The van der Waals surface area contributed by atoms with E-state index in [0.717, 1.165) is 13.2 Å². The average Bonchev–Trinajstić information content (AvgIpc) is 2.73. The topological polar surface area (TPSA) is 135 Å². The maximum absolute atomic E-state index is 13.7. The second-order valence-corrected chi connectivity index (χ2v) is 7.77. The summed E-state index contributed by atoms with van der Waals surface area (Å²) in [5, 5.41) is 10.9. The fourth-order valence-corrected chi connectivity index (χ4v) is 3.63. The van der Waals surface area contributed by atoms with Crippen LogP contribution in [0.2, 0.25) is 0 Å². The average molecular weight is 523 g/mol. The van der Waals surface area contributed by atoms with Gasteiger partial charge in [0.1, 0.15) is 11.8 Å². The van der Waals surface area contributed by atoms with E-state index in [-0.39, 0.29) is 31.1 Å². The Labute approximate surface area is 189 Å². The van der Waals surface area contributed by atoms with Crippen molar-refractivity contribution in [2.45, 2.75) is 38.1 Å². The maximum Gasteiger partial charge on any atom is 0.429 e. The van der Waals surface area contributed by atoms with Crippen LogP contribution >= 0.6 is 15.9 Å². The Morgan fingerprint density at radius 3 is 2.69 bits per heavy atom. The van der Waals surface area contributed by atoms with Gasteiger partial charge in [-0.2, -0.15) is 13.2 Å². The normalized spacial score (nSPS) is 16.9. The molecule has 13 heteroatoms. The van der Waals surface area contributed by atoms with Crippen LogP contribution in [0.1, 0.15) is 24.0 Å². The lowest BCUT2D eigenvalue weighted by Gasteiger charge is -2.30. The summed E-state index contributed by atoms with van der Waals surface area (Å²) in [5.74, 6) is -2.19. The largest absolute Gasteiger partial charge is 0.475 e. The van der Waals surface area contributed by atoms with Gasteiger partial charge in [0.05, 0.1) is 12.7 Å². The van der Waals surface area contributed by atoms with E-state index in [1.165, 1.54) is 6.07 Å². The molecular formula is C19H22BrF3N4O5. The Hall–Kier alpha value is -2.80. The number of esters is 1. The minimum Gasteiger partial charge on any atom is -0.475 e. The number of ether oxygens (including phenoxy) is 2. The second kappa shape index (κ2) is 10.7. The van der Waals surface area contributed by atoms with Crippen LogP contribution in [0.15, 0.2) is 27.2 Å². The molecule has 0 saturated heterocycles. The Morgan fingerprint density at radius 2 is 2.09 bits per heavy atom. The zero-order valence-electron chi connectivity index (χ0n) is 17.1. The zero-order chi connectivity index (χ0) is 24.1. The number of alkyl halides is 3. The molecule has 176 valence electrons. The maximum atomic E-state index is 13.7. The molecular weight excluding hydrogens is 501 g/mol. The van der Waals surface area contributed by atoms with Gasteiger partial charge in [-0.3, -0.25) is 15.0 Å². The number of nitrogens with one attached hydrogen (secondary N) is 2. The monoisotopic (exact) mass is 522 g/mol. The van der Waals surface area contributed by atoms with E-state index >= 15 is 0 Å². The molecule has 0 saturated carbocycles. The smallest absolute Gasteiger partial charge is 0.429 e. The zero-order valence-corrected chi connectivity index (χ0v) is 18.7. The molecule has 9 nitrogen and oxygen atoms in total. The van der Waals surface area contributed by atoms with Gasteiger partial charge in [0, 0.05) is 16.6 Å². The Bertz CT molecular complexity index is 936. The van der Waals surface area contributed by atoms with Crippen molar-refractivity contribution >= 4 is 39.8 Å². The van der Waals surface area contributed by atoms with Crippen molar-refractivity contribution in [2.24, 2.45) is 10.7 Å². The van der Waals surface area contributed by atoms with E-state index in [1.54, 1.807) is 18.5 Å². The van der Waals surface area contributed by atoms with Crippen LogP contribution in [0.25, 0.3) is 6.08 Å². The Morgan fingerprint density at radius 1 is 1.41 bits per heavy atom. The van der Waals surface area contributed by atoms with Crippen molar-refractivity contribution in [3.05, 3.63) is 33.3 Å². The molecule has 0 fully saturated rings. The molecule has 1 aromatic rings. The van der Waals surface area contributed by atoms with Crippen molar-refractivity contribution in [1.82, 2.24) is 10.8 Å². The summed E-state index contributed by atoms with van der Waals surface area (Å²) in [7, 11) is 1.09. The molecule has 1 amide bonds. The SMILES string of the molecule is COC(=O)[C@H](CCCN=C(N)NO)NC(=O)C1=Cc2cc(Br)cc(C)c2O[C@@H]1C(F)(F)F. The van der Waals surface area contributed by atoms with Gasteiger partial charge in [0.15, 0.2) is 0 Å². The van der Waals surface area contributed by atoms with Gasteiger partial charge < -0.3 is 20.5 Å². The molecule has 1 heterocycles. The summed E-state index contributed by atoms with van der Waals surface area (Å²) >= 11 is 3.26. The number of hydrogen-bond donors (Lipinski definition) is 4. The predicted octanol–water partition coefficient (Wildman–Crippen LogP) is 2.20. The van der Waals surface area contributed by atoms with Gasteiger partial charge in [-0.05, 0) is 43.5 Å². The first-order valence-electron chi connectivity index (χ1n) is 9.31. The highest BCUT2D eigenvalue weighted by Gasteiger charge is 2.48. The Balaban J connectivity index is 2.29. The quantitative estimate of drug-likeness (QED) is 0.142. The number of hydrogen-bond acceptors (Lipinski definition) is 6. The van der Waals surface area contributed by atoms with Crippen LogP contribution in [0.5, 0.6) is 5.75 Å². The summed E-state index contributed by atoms with van der Waals surface area (Å²) in [6.45, 7) is 1.67. The molecule has 0 aliphatic carbocycles. The van der Waals surface area contributed by atoms with Gasteiger partial charge in [-0.15, -0.1) is 0 Å². The van der Waals surface area contributed by atoms with E-state index < -0.39 is 35.8 Å². The minimum atomic E-state index is -4.87. The van der Waals surface area contributed by atoms with Crippen LogP contribution in [-0.2, 0) is 14.3 Å².